The number of benzene rings is 1. The first-order valence-electron chi connectivity index (χ1n) is 4.47. The van der Waals surface area contributed by atoms with Crippen molar-refractivity contribution < 1.29 is 4.79 Å². The molecule has 1 nitrogen and oxygen atoms in total. The first kappa shape index (κ1) is 8.24. The molecule has 1 atom stereocenters. The highest BCUT2D eigenvalue weighted by Crippen LogP contribution is 2.30. The van der Waals surface area contributed by atoms with Gasteiger partial charge in [0.15, 0.2) is 0 Å². The molecule has 0 bridgehead atoms. The van der Waals surface area contributed by atoms with Crippen LogP contribution >= 0.6 is 0 Å². The Morgan fingerprint density at radius 3 is 2.92 bits per heavy atom. The van der Waals surface area contributed by atoms with Gasteiger partial charge in [0, 0.05) is 5.41 Å². The maximum atomic E-state index is 10.8. The van der Waals surface area contributed by atoms with E-state index in [1.807, 2.05) is 31.2 Å². The zero-order valence-electron chi connectivity index (χ0n) is 7.66. The predicted molar refractivity (Wildman–Crippen MR) is 53.4 cm³/mol. The molecule has 1 aromatic rings. The molecule has 0 N–H and O–H groups in total. The summed E-state index contributed by atoms with van der Waals surface area (Å²) < 4.78 is 0. The van der Waals surface area contributed by atoms with E-state index in [4.69, 9.17) is 0 Å². The highest BCUT2D eigenvalue weighted by Gasteiger charge is 2.24. The van der Waals surface area contributed by atoms with E-state index in [9.17, 15) is 4.79 Å². The Hall–Kier alpha value is -1.37. The summed E-state index contributed by atoms with van der Waals surface area (Å²) in [5, 5.41) is 0. The van der Waals surface area contributed by atoms with Crippen molar-refractivity contribution in [3.05, 3.63) is 41.5 Å². The van der Waals surface area contributed by atoms with Crippen molar-refractivity contribution in [2.24, 2.45) is 5.41 Å². The third kappa shape index (κ3) is 1.42. The molecule has 66 valence electrons. The van der Waals surface area contributed by atoms with Crippen molar-refractivity contribution in [1.82, 2.24) is 0 Å². The standard InChI is InChI=1S/C12H12O/c1-12(9-13)7-6-10-4-2-3-5-11(10)8-12/h2-7,9H,8H2,1H3. The Labute approximate surface area is 78.1 Å². The molecule has 1 aromatic carbocycles. The van der Waals surface area contributed by atoms with Crippen molar-refractivity contribution in [3.63, 3.8) is 0 Å². The minimum Gasteiger partial charge on any atom is -0.302 e. The van der Waals surface area contributed by atoms with Crippen molar-refractivity contribution in [2.75, 3.05) is 0 Å². The van der Waals surface area contributed by atoms with Gasteiger partial charge >= 0.3 is 0 Å². The lowest BCUT2D eigenvalue weighted by Gasteiger charge is -2.24. The van der Waals surface area contributed by atoms with Crippen molar-refractivity contribution in [1.29, 1.82) is 0 Å². The monoisotopic (exact) mass is 172 g/mol. The number of hydrogen-bond acceptors (Lipinski definition) is 1. The lowest BCUT2D eigenvalue weighted by molar-refractivity contribution is -0.113. The molecule has 0 saturated carbocycles. The molecule has 0 fully saturated rings. The fraction of sp³-hybridized carbons (Fsp3) is 0.250. The number of allylic oxidation sites excluding steroid dienone is 1. The molecule has 0 radical (unpaired) electrons. The minimum atomic E-state index is -0.297. The Morgan fingerprint density at radius 1 is 1.38 bits per heavy atom. The third-order valence-electron chi connectivity index (χ3n) is 2.54. The summed E-state index contributed by atoms with van der Waals surface area (Å²) in [6.45, 7) is 1.96. The predicted octanol–water partition coefficient (Wildman–Crippen LogP) is 2.46. The van der Waals surface area contributed by atoms with Gasteiger partial charge in [-0.3, -0.25) is 0 Å². The molecule has 13 heavy (non-hydrogen) atoms. The smallest absolute Gasteiger partial charge is 0.129 e. The number of hydrogen-bond donors (Lipinski definition) is 0. The van der Waals surface area contributed by atoms with Gasteiger partial charge in [0.2, 0.25) is 0 Å². The Morgan fingerprint density at radius 2 is 2.15 bits per heavy atom. The molecule has 1 unspecified atom stereocenters. The van der Waals surface area contributed by atoms with Crippen LogP contribution in [0.1, 0.15) is 18.1 Å². The van der Waals surface area contributed by atoms with E-state index < -0.39 is 0 Å². The molecule has 0 amide bonds. The van der Waals surface area contributed by atoms with Crippen LogP contribution in [0.3, 0.4) is 0 Å². The first-order chi connectivity index (χ1) is 6.23. The third-order valence-corrected chi connectivity index (χ3v) is 2.54. The van der Waals surface area contributed by atoms with Crippen LogP contribution in [0.4, 0.5) is 0 Å². The number of carbonyl (C=O) groups is 1. The summed E-state index contributed by atoms with van der Waals surface area (Å²) in [6.07, 6.45) is 5.87. The lowest BCUT2D eigenvalue weighted by atomic mass is 9.79. The highest BCUT2D eigenvalue weighted by atomic mass is 16.1. The number of fused-ring (bicyclic) bond motifs is 1. The number of rotatable bonds is 1. The molecule has 1 aliphatic rings. The van der Waals surface area contributed by atoms with Crippen molar-refractivity contribution in [3.8, 4) is 0 Å². The maximum Gasteiger partial charge on any atom is 0.129 e. The molecular formula is C12H12O. The molecular weight excluding hydrogens is 160 g/mol. The van der Waals surface area contributed by atoms with E-state index in [0.29, 0.717) is 0 Å². The van der Waals surface area contributed by atoms with Gasteiger partial charge in [0.1, 0.15) is 6.29 Å². The van der Waals surface area contributed by atoms with Gasteiger partial charge < -0.3 is 4.79 Å². The molecule has 0 spiro atoms. The molecule has 0 aliphatic heterocycles. The van der Waals surface area contributed by atoms with Gasteiger partial charge in [-0.05, 0) is 24.5 Å². The summed E-state index contributed by atoms with van der Waals surface area (Å²) in [7, 11) is 0. The molecule has 1 heteroatoms. The van der Waals surface area contributed by atoms with Crippen LogP contribution in [0.2, 0.25) is 0 Å². The van der Waals surface area contributed by atoms with Gasteiger partial charge in [-0.25, -0.2) is 0 Å². The second kappa shape index (κ2) is 2.84. The average molecular weight is 172 g/mol. The van der Waals surface area contributed by atoms with Gasteiger partial charge in [-0.2, -0.15) is 0 Å². The second-order valence-electron chi connectivity index (χ2n) is 3.83. The van der Waals surface area contributed by atoms with E-state index in [1.54, 1.807) is 0 Å². The Bertz CT molecular complexity index is 365. The topological polar surface area (TPSA) is 17.1 Å². The number of carbonyl (C=O) groups excluding carboxylic acids is 1. The number of aldehydes is 1. The lowest BCUT2D eigenvalue weighted by Crippen LogP contribution is -2.21. The van der Waals surface area contributed by atoms with E-state index in [0.717, 1.165) is 12.7 Å². The molecule has 2 rings (SSSR count). The van der Waals surface area contributed by atoms with Crippen molar-refractivity contribution in [2.45, 2.75) is 13.3 Å². The molecule has 0 aromatic heterocycles. The fourth-order valence-electron chi connectivity index (χ4n) is 1.69. The summed E-state index contributed by atoms with van der Waals surface area (Å²) in [5.74, 6) is 0. The van der Waals surface area contributed by atoms with Crippen LogP contribution in [0.5, 0.6) is 0 Å². The second-order valence-corrected chi connectivity index (χ2v) is 3.83. The fourth-order valence-corrected chi connectivity index (χ4v) is 1.69. The van der Waals surface area contributed by atoms with Crippen LogP contribution in [0, 0.1) is 5.41 Å². The summed E-state index contributed by atoms with van der Waals surface area (Å²) in [5.41, 5.74) is 2.20. The van der Waals surface area contributed by atoms with Crippen LogP contribution in [-0.2, 0) is 11.2 Å². The van der Waals surface area contributed by atoms with E-state index in [2.05, 4.69) is 12.1 Å². The van der Waals surface area contributed by atoms with Gasteiger partial charge in [0.05, 0.1) is 0 Å². The normalized spacial score (nSPS) is 25.3. The summed E-state index contributed by atoms with van der Waals surface area (Å²) >= 11 is 0. The average Bonchev–Trinajstić information content (AvgIpc) is 2.18. The first-order valence-corrected chi connectivity index (χ1v) is 4.47. The van der Waals surface area contributed by atoms with E-state index >= 15 is 0 Å². The summed E-state index contributed by atoms with van der Waals surface area (Å²) in [6, 6.07) is 8.20. The van der Waals surface area contributed by atoms with Crippen molar-refractivity contribution >= 4 is 12.4 Å². The zero-order valence-corrected chi connectivity index (χ0v) is 7.66. The van der Waals surface area contributed by atoms with Gasteiger partial charge in [-0.1, -0.05) is 36.4 Å². The van der Waals surface area contributed by atoms with E-state index in [1.165, 1.54) is 11.1 Å². The Balaban J connectivity index is 2.44. The van der Waals surface area contributed by atoms with Crippen LogP contribution in [-0.4, -0.2) is 6.29 Å². The Kier molecular flexibility index (Phi) is 1.80. The SMILES string of the molecule is CC1(C=O)C=Cc2ccccc2C1. The van der Waals surface area contributed by atoms with E-state index in [-0.39, 0.29) is 5.41 Å². The van der Waals surface area contributed by atoms with Gasteiger partial charge in [0.25, 0.3) is 0 Å². The summed E-state index contributed by atoms with van der Waals surface area (Å²) in [4.78, 5) is 10.8. The van der Waals surface area contributed by atoms with Crippen LogP contribution < -0.4 is 0 Å². The highest BCUT2D eigenvalue weighted by molar-refractivity contribution is 5.70. The largest absolute Gasteiger partial charge is 0.302 e. The quantitative estimate of drug-likeness (QED) is 0.595. The van der Waals surface area contributed by atoms with Crippen LogP contribution in [0.25, 0.3) is 6.08 Å². The zero-order chi connectivity index (χ0) is 9.31. The van der Waals surface area contributed by atoms with Crippen LogP contribution in [0.15, 0.2) is 30.3 Å². The molecule has 0 saturated heterocycles. The maximum absolute atomic E-state index is 10.8. The molecule has 1 aliphatic carbocycles. The van der Waals surface area contributed by atoms with Gasteiger partial charge in [-0.15, -0.1) is 0 Å². The minimum absolute atomic E-state index is 0.297. The molecule has 0 heterocycles.